The molecule has 0 saturated carbocycles. The van der Waals surface area contributed by atoms with E-state index in [4.69, 9.17) is 9.15 Å². The Kier molecular flexibility index (Phi) is 3.38. The van der Waals surface area contributed by atoms with E-state index in [1.165, 1.54) is 0 Å². The molecule has 0 saturated heterocycles. The number of hydrogen-bond donors (Lipinski definition) is 1. The lowest BCUT2D eigenvalue weighted by Crippen LogP contribution is -2.20. The van der Waals surface area contributed by atoms with Crippen LogP contribution in [0.5, 0.6) is 5.75 Å². The van der Waals surface area contributed by atoms with E-state index in [1.54, 1.807) is 7.11 Å². The van der Waals surface area contributed by atoms with Gasteiger partial charge in [0.25, 0.3) is 0 Å². The Balaban J connectivity index is 2.43. The van der Waals surface area contributed by atoms with E-state index < -0.39 is 0 Å². The first kappa shape index (κ1) is 12.0. The van der Waals surface area contributed by atoms with Gasteiger partial charge in [-0.25, -0.2) is 0 Å². The maximum absolute atomic E-state index is 5.86. The number of fused-ring (bicyclic) bond motifs is 1. The van der Waals surface area contributed by atoms with Crippen molar-refractivity contribution in [2.24, 2.45) is 5.92 Å². The van der Waals surface area contributed by atoms with E-state index in [-0.39, 0.29) is 6.04 Å². The minimum absolute atomic E-state index is 0.244. The van der Waals surface area contributed by atoms with Crippen LogP contribution in [0.2, 0.25) is 0 Å². The zero-order valence-corrected chi connectivity index (χ0v) is 10.8. The molecule has 0 radical (unpaired) electrons. The highest BCUT2D eigenvalue weighted by molar-refractivity contribution is 5.79. The Morgan fingerprint density at radius 3 is 2.59 bits per heavy atom. The molecule has 0 bridgehead atoms. The second-order valence-electron chi connectivity index (χ2n) is 4.56. The number of hydrogen-bond acceptors (Lipinski definition) is 3. The van der Waals surface area contributed by atoms with Crippen LogP contribution in [0, 0.1) is 5.92 Å². The molecular formula is C14H19NO2. The molecule has 1 heterocycles. The molecule has 3 heteroatoms. The summed E-state index contributed by atoms with van der Waals surface area (Å²) >= 11 is 0. The molecule has 0 aliphatic heterocycles. The second kappa shape index (κ2) is 4.80. The predicted molar refractivity (Wildman–Crippen MR) is 69.4 cm³/mol. The molecule has 17 heavy (non-hydrogen) atoms. The fourth-order valence-electron chi connectivity index (χ4n) is 2.13. The van der Waals surface area contributed by atoms with Gasteiger partial charge >= 0.3 is 0 Å². The van der Waals surface area contributed by atoms with Crippen LogP contribution in [0.1, 0.15) is 25.6 Å². The third-order valence-corrected chi connectivity index (χ3v) is 3.03. The minimum atomic E-state index is 0.244. The van der Waals surface area contributed by atoms with E-state index in [0.717, 1.165) is 22.5 Å². The molecule has 0 aliphatic rings. The molecule has 1 aromatic carbocycles. The Bertz CT molecular complexity index is 502. The van der Waals surface area contributed by atoms with E-state index in [0.29, 0.717) is 5.92 Å². The first-order valence-electron chi connectivity index (χ1n) is 5.90. The van der Waals surface area contributed by atoms with Crippen molar-refractivity contribution >= 4 is 11.0 Å². The predicted octanol–water partition coefficient (Wildman–Crippen LogP) is 3.36. The lowest BCUT2D eigenvalue weighted by atomic mass is 10.0. The van der Waals surface area contributed by atoms with Gasteiger partial charge in [-0.15, -0.1) is 0 Å². The fourth-order valence-corrected chi connectivity index (χ4v) is 2.13. The SMILES string of the molecule is CNC(c1cc2cc(OC)ccc2o1)C(C)C. The summed E-state index contributed by atoms with van der Waals surface area (Å²) in [5, 5.41) is 4.37. The summed E-state index contributed by atoms with van der Waals surface area (Å²) in [6.07, 6.45) is 0. The van der Waals surface area contributed by atoms with Crippen LogP contribution in [0.3, 0.4) is 0 Å². The molecule has 1 unspecified atom stereocenters. The average Bonchev–Trinajstić information content (AvgIpc) is 2.71. The quantitative estimate of drug-likeness (QED) is 0.879. The smallest absolute Gasteiger partial charge is 0.134 e. The highest BCUT2D eigenvalue weighted by atomic mass is 16.5. The monoisotopic (exact) mass is 233 g/mol. The zero-order valence-electron chi connectivity index (χ0n) is 10.8. The van der Waals surface area contributed by atoms with Gasteiger partial charge in [-0.05, 0) is 37.2 Å². The van der Waals surface area contributed by atoms with E-state index >= 15 is 0 Å². The van der Waals surface area contributed by atoms with Gasteiger partial charge in [0.05, 0.1) is 13.2 Å². The van der Waals surface area contributed by atoms with Gasteiger partial charge in [0.15, 0.2) is 0 Å². The highest BCUT2D eigenvalue weighted by Gasteiger charge is 2.18. The molecule has 2 aromatic rings. The maximum Gasteiger partial charge on any atom is 0.134 e. The largest absolute Gasteiger partial charge is 0.497 e. The molecule has 1 N–H and O–H groups in total. The van der Waals surface area contributed by atoms with Crippen molar-refractivity contribution in [1.29, 1.82) is 0 Å². The van der Waals surface area contributed by atoms with Gasteiger partial charge in [-0.2, -0.15) is 0 Å². The van der Waals surface area contributed by atoms with E-state index in [9.17, 15) is 0 Å². The summed E-state index contributed by atoms with van der Waals surface area (Å²) in [7, 11) is 3.63. The zero-order chi connectivity index (χ0) is 12.4. The standard InChI is InChI=1S/C14H19NO2/c1-9(2)14(15-3)13-8-10-7-11(16-4)5-6-12(10)17-13/h5-9,14-15H,1-4H3. The number of furan rings is 1. The maximum atomic E-state index is 5.86. The van der Waals surface area contributed by atoms with Crippen LogP contribution in [-0.4, -0.2) is 14.2 Å². The van der Waals surface area contributed by atoms with Crippen LogP contribution < -0.4 is 10.1 Å². The average molecular weight is 233 g/mol. The Morgan fingerprint density at radius 2 is 2.00 bits per heavy atom. The van der Waals surface area contributed by atoms with Crippen molar-refractivity contribution in [3.63, 3.8) is 0 Å². The Hall–Kier alpha value is -1.48. The van der Waals surface area contributed by atoms with Crippen LogP contribution >= 0.6 is 0 Å². The van der Waals surface area contributed by atoms with Gasteiger partial charge in [0, 0.05) is 5.39 Å². The first-order valence-corrected chi connectivity index (χ1v) is 5.90. The summed E-state index contributed by atoms with van der Waals surface area (Å²) in [6, 6.07) is 8.19. The summed E-state index contributed by atoms with van der Waals surface area (Å²) in [5.41, 5.74) is 0.904. The van der Waals surface area contributed by atoms with Crippen molar-refractivity contribution in [2.45, 2.75) is 19.9 Å². The van der Waals surface area contributed by atoms with Gasteiger partial charge < -0.3 is 14.5 Å². The molecule has 2 rings (SSSR count). The topological polar surface area (TPSA) is 34.4 Å². The molecule has 0 spiro atoms. The van der Waals surface area contributed by atoms with Gasteiger partial charge in [-0.1, -0.05) is 13.8 Å². The molecule has 0 aliphatic carbocycles. The summed E-state index contributed by atoms with van der Waals surface area (Å²) < 4.78 is 11.1. The summed E-state index contributed by atoms with van der Waals surface area (Å²) in [6.45, 7) is 4.35. The highest BCUT2D eigenvalue weighted by Crippen LogP contribution is 2.29. The van der Waals surface area contributed by atoms with Gasteiger partial charge in [0.1, 0.15) is 17.1 Å². The third-order valence-electron chi connectivity index (χ3n) is 3.03. The van der Waals surface area contributed by atoms with Crippen molar-refractivity contribution in [1.82, 2.24) is 5.32 Å². The fraction of sp³-hybridized carbons (Fsp3) is 0.429. The number of benzene rings is 1. The molecule has 0 fully saturated rings. The van der Waals surface area contributed by atoms with Gasteiger partial charge in [-0.3, -0.25) is 0 Å². The number of rotatable bonds is 4. The number of methoxy groups -OCH3 is 1. The number of nitrogens with one attached hydrogen (secondary N) is 1. The molecular weight excluding hydrogens is 214 g/mol. The Morgan fingerprint density at radius 1 is 1.24 bits per heavy atom. The molecule has 92 valence electrons. The molecule has 1 aromatic heterocycles. The van der Waals surface area contributed by atoms with Crippen LogP contribution in [0.25, 0.3) is 11.0 Å². The first-order chi connectivity index (χ1) is 8.15. The van der Waals surface area contributed by atoms with Crippen molar-refractivity contribution in [3.05, 3.63) is 30.0 Å². The Labute approximate surface area is 102 Å². The van der Waals surface area contributed by atoms with Crippen molar-refractivity contribution in [3.8, 4) is 5.75 Å². The van der Waals surface area contributed by atoms with Gasteiger partial charge in [0.2, 0.25) is 0 Å². The lowest BCUT2D eigenvalue weighted by Gasteiger charge is -2.16. The third kappa shape index (κ3) is 2.29. The van der Waals surface area contributed by atoms with E-state index in [1.807, 2.05) is 25.2 Å². The minimum Gasteiger partial charge on any atom is -0.497 e. The molecule has 0 amide bonds. The summed E-state index contributed by atoms with van der Waals surface area (Å²) in [4.78, 5) is 0. The van der Waals surface area contributed by atoms with Crippen LogP contribution in [-0.2, 0) is 0 Å². The normalized spacial score (nSPS) is 13.2. The second-order valence-corrected chi connectivity index (χ2v) is 4.56. The van der Waals surface area contributed by atoms with Crippen molar-refractivity contribution in [2.75, 3.05) is 14.2 Å². The summed E-state index contributed by atoms with van der Waals surface area (Å²) in [5.74, 6) is 2.32. The number of ether oxygens (including phenoxy) is 1. The lowest BCUT2D eigenvalue weighted by molar-refractivity contribution is 0.371. The molecule has 3 nitrogen and oxygen atoms in total. The molecule has 1 atom stereocenters. The van der Waals surface area contributed by atoms with Crippen molar-refractivity contribution < 1.29 is 9.15 Å². The van der Waals surface area contributed by atoms with E-state index in [2.05, 4.69) is 25.2 Å². The van der Waals surface area contributed by atoms with Crippen LogP contribution in [0.15, 0.2) is 28.7 Å². The van der Waals surface area contributed by atoms with Crippen LogP contribution in [0.4, 0.5) is 0 Å².